The van der Waals surface area contributed by atoms with Crippen LogP contribution in [0.1, 0.15) is 0 Å². The van der Waals surface area contributed by atoms with Crippen LogP contribution in [-0.2, 0) is 14.8 Å². The van der Waals surface area contributed by atoms with Crippen molar-refractivity contribution in [1.29, 1.82) is 0 Å². The molecule has 0 unspecified atom stereocenters. The standard InChI is InChI=1S/C25H22N2O4S/c1-27(21-10-3-2-4-11-21)32(29,30)22-16-14-20(15-17-22)26-25(28)18-31-24-13-7-9-19-8-5-6-12-23(19)24/h2-17H,18H2,1H3,(H,26,28). The average molecular weight is 447 g/mol. The van der Waals surface area contributed by atoms with Crippen LogP contribution in [0.15, 0.2) is 102 Å². The van der Waals surface area contributed by atoms with Gasteiger partial charge in [0.1, 0.15) is 5.75 Å². The minimum atomic E-state index is -3.71. The molecule has 0 aliphatic carbocycles. The number of para-hydroxylation sites is 1. The van der Waals surface area contributed by atoms with E-state index in [1.54, 1.807) is 36.4 Å². The number of amides is 1. The molecule has 0 bridgehead atoms. The molecule has 4 aromatic carbocycles. The van der Waals surface area contributed by atoms with Crippen LogP contribution in [-0.4, -0.2) is 28.0 Å². The molecule has 0 spiro atoms. The van der Waals surface area contributed by atoms with E-state index in [4.69, 9.17) is 4.74 Å². The summed E-state index contributed by atoms with van der Waals surface area (Å²) in [5, 5.41) is 4.69. The fraction of sp³-hybridized carbons (Fsp3) is 0.0800. The van der Waals surface area contributed by atoms with E-state index in [1.807, 2.05) is 48.5 Å². The van der Waals surface area contributed by atoms with Gasteiger partial charge in [0.15, 0.2) is 6.61 Å². The van der Waals surface area contributed by atoms with Gasteiger partial charge in [0.05, 0.1) is 10.6 Å². The number of fused-ring (bicyclic) bond motifs is 1. The second kappa shape index (κ2) is 9.11. The quantitative estimate of drug-likeness (QED) is 0.447. The minimum absolute atomic E-state index is 0.133. The fourth-order valence-corrected chi connectivity index (χ4v) is 4.50. The Morgan fingerprint density at radius 1 is 0.844 bits per heavy atom. The number of hydrogen-bond acceptors (Lipinski definition) is 4. The molecule has 1 amide bonds. The van der Waals surface area contributed by atoms with E-state index in [1.165, 1.54) is 23.5 Å². The Morgan fingerprint density at radius 3 is 2.25 bits per heavy atom. The summed E-state index contributed by atoms with van der Waals surface area (Å²) in [6.45, 7) is -0.162. The van der Waals surface area contributed by atoms with Gasteiger partial charge in [0.2, 0.25) is 0 Å². The Labute approximate surface area is 187 Å². The number of nitrogens with one attached hydrogen (secondary N) is 1. The minimum Gasteiger partial charge on any atom is -0.483 e. The van der Waals surface area contributed by atoms with Crippen molar-refractivity contribution < 1.29 is 17.9 Å². The second-order valence-electron chi connectivity index (χ2n) is 7.15. The number of carbonyl (C=O) groups is 1. The molecule has 0 fully saturated rings. The molecule has 162 valence electrons. The number of rotatable bonds is 7. The summed E-state index contributed by atoms with van der Waals surface area (Å²) in [5.41, 5.74) is 1.05. The lowest BCUT2D eigenvalue weighted by Crippen LogP contribution is -2.26. The highest BCUT2D eigenvalue weighted by molar-refractivity contribution is 7.92. The van der Waals surface area contributed by atoms with Crippen LogP contribution in [0.3, 0.4) is 0 Å². The number of carbonyl (C=O) groups excluding carboxylic acids is 1. The number of anilines is 2. The van der Waals surface area contributed by atoms with Crippen LogP contribution in [0.2, 0.25) is 0 Å². The summed E-state index contributed by atoms with van der Waals surface area (Å²) in [4.78, 5) is 12.5. The van der Waals surface area contributed by atoms with Crippen molar-refractivity contribution in [2.75, 3.05) is 23.3 Å². The monoisotopic (exact) mass is 446 g/mol. The third-order valence-corrected chi connectivity index (χ3v) is 6.82. The Hall–Kier alpha value is -3.84. The predicted octanol–water partition coefficient (Wildman–Crippen LogP) is 4.68. The zero-order chi connectivity index (χ0) is 22.6. The van der Waals surface area contributed by atoms with Crippen LogP contribution in [0.4, 0.5) is 11.4 Å². The molecule has 6 nitrogen and oxygen atoms in total. The van der Waals surface area contributed by atoms with E-state index in [9.17, 15) is 13.2 Å². The van der Waals surface area contributed by atoms with E-state index in [0.29, 0.717) is 17.1 Å². The summed E-state index contributed by atoms with van der Waals surface area (Å²) in [6, 6.07) is 28.3. The molecule has 0 aliphatic rings. The molecular formula is C25H22N2O4S. The lowest BCUT2D eigenvalue weighted by Gasteiger charge is -2.19. The maximum Gasteiger partial charge on any atom is 0.264 e. The topological polar surface area (TPSA) is 75.7 Å². The lowest BCUT2D eigenvalue weighted by molar-refractivity contribution is -0.118. The molecule has 0 aliphatic heterocycles. The van der Waals surface area contributed by atoms with Gasteiger partial charge in [-0.1, -0.05) is 54.6 Å². The Balaban J connectivity index is 1.40. The molecule has 1 N–H and O–H groups in total. The molecule has 4 aromatic rings. The first-order valence-electron chi connectivity index (χ1n) is 9.99. The summed E-state index contributed by atoms with van der Waals surface area (Å²) in [6.07, 6.45) is 0. The first-order chi connectivity index (χ1) is 15.4. The van der Waals surface area contributed by atoms with E-state index >= 15 is 0 Å². The highest BCUT2D eigenvalue weighted by Crippen LogP contribution is 2.25. The van der Waals surface area contributed by atoms with Gasteiger partial charge in [-0.25, -0.2) is 8.42 Å². The van der Waals surface area contributed by atoms with Crippen molar-refractivity contribution in [3.8, 4) is 5.75 Å². The van der Waals surface area contributed by atoms with Gasteiger partial charge in [-0.15, -0.1) is 0 Å². The Kier molecular flexibility index (Phi) is 6.09. The molecule has 4 rings (SSSR count). The maximum atomic E-state index is 12.9. The molecular weight excluding hydrogens is 424 g/mol. The van der Waals surface area contributed by atoms with Crippen LogP contribution in [0.25, 0.3) is 10.8 Å². The highest BCUT2D eigenvalue weighted by Gasteiger charge is 2.21. The molecule has 7 heteroatoms. The smallest absolute Gasteiger partial charge is 0.264 e. The molecule has 0 atom stereocenters. The summed E-state index contributed by atoms with van der Waals surface area (Å²) in [7, 11) is -2.20. The molecule has 0 saturated heterocycles. The van der Waals surface area contributed by atoms with Gasteiger partial charge in [-0.05, 0) is 47.9 Å². The van der Waals surface area contributed by atoms with Crippen molar-refractivity contribution in [3.63, 3.8) is 0 Å². The summed E-state index contributed by atoms with van der Waals surface area (Å²) < 4.78 is 32.6. The van der Waals surface area contributed by atoms with Crippen LogP contribution in [0, 0.1) is 0 Å². The van der Waals surface area contributed by atoms with E-state index in [0.717, 1.165) is 10.8 Å². The molecule has 0 heterocycles. The van der Waals surface area contributed by atoms with Gasteiger partial charge >= 0.3 is 0 Å². The zero-order valence-electron chi connectivity index (χ0n) is 17.4. The first-order valence-corrected chi connectivity index (χ1v) is 11.4. The predicted molar refractivity (Wildman–Crippen MR) is 127 cm³/mol. The number of sulfonamides is 1. The number of hydrogen-bond donors (Lipinski definition) is 1. The maximum absolute atomic E-state index is 12.9. The summed E-state index contributed by atoms with van der Waals surface area (Å²) in [5.74, 6) is 0.290. The van der Waals surface area contributed by atoms with E-state index in [-0.39, 0.29) is 17.4 Å². The van der Waals surface area contributed by atoms with Crippen LogP contribution in [0.5, 0.6) is 5.75 Å². The average Bonchev–Trinajstić information content (AvgIpc) is 2.83. The van der Waals surface area contributed by atoms with Crippen molar-refractivity contribution >= 4 is 38.1 Å². The van der Waals surface area contributed by atoms with Gasteiger partial charge in [-0.3, -0.25) is 9.10 Å². The third-order valence-electron chi connectivity index (χ3n) is 5.02. The van der Waals surface area contributed by atoms with Gasteiger partial charge in [-0.2, -0.15) is 0 Å². The van der Waals surface area contributed by atoms with Crippen molar-refractivity contribution in [2.45, 2.75) is 4.90 Å². The van der Waals surface area contributed by atoms with Crippen LogP contribution < -0.4 is 14.4 Å². The van der Waals surface area contributed by atoms with Gasteiger partial charge in [0, 0.05) is 18.1 Å². The lowest BCUT2D eigenvalue weighted by atomic mass is 10.1. The number of benzene rings is 4. The molecule has 0 saturated carbocycles. The number of nitrogens with zero attached hydrogens (tertiary/aromatic N) is 1. The largest absolute Gasteiger partial charge is 0.483 e. The second-order valence-corrected chi connectivity index (χ2v) is 9.12. The van der Waals surface area contributed by atoms with Crippen molar-refractivity contribution in [3.05, 3.63) is 97.1 Å². The molecule has 0 aromatic heterocycles. The molecule has 32 heavy (non-hydrogen) atoms. The van der Waals surface area contributed by atoms with Crippen LogP contribution >= 0.6 is 0 Å². The molecule has 0 radical (unpaired) electrons. The van der Waals surface area contributed by atoms with Crippen molar-refractivity contribution in [2.24, 2.45) is 0 Å². The fourth-order valence-electron chi connectivity index (χ4n) is 3.31. The SMILES string of the molecule is CN(c1ccccc1)S(=O)(=O)c1ccc(NC(=O)COc2cccc3ccccc23)cc1. The zero-order valence-corrected chi connectivity index (χ0v) is 18.2. The Bertz CT molecular complexity index is 1330. The first kappa shape index (κ1) is 21.4. The van der Waals surface area contributed by atoms with Gasteiger partial charge < -0.3 is 10.1 Å². The summed E-state index contributed by atoms with van der Waals surface area (Å²) >= 11 is 0. The van der Waals surface area contributed by atoms with Gasteiger partial charge in [0.25, 0.3) is 15.9 Å². The van der Waals surface area contributed by atoms with E-state index in [2.05, 4.69) is 5.32 Å². The van der Waals surface area contributed by atoms with E-state index < -0.39 is 10.0 Å². The third kappa shape index (κ3) is 4.58. The number of ether oxygens (including phenoxy) is 1. The Morgan fingerprint density at radius 2 is 1.50 bits per heavy atom. The van der Waals surface area contributed by atoms with Crippen molar-refractivity contribution in [1.82, 2.24) is 0 Å². The normalized spacial score (nSPS) is 11.2. The highest BCUT2D eigenvalue weighted by atomic mass is 32.2.